The van der Waals surface area contributed by atoms with Crippen molar-refractivity contribution in [3.05, 3.63) is 35.6 Å². The molecule has 0 bridgehead atoms. The summed E-state index contributed by atoms with van der Waals surface area (Å²) in [6.45, 7) is 3.11. The second-order valence-electron chi connectivity index (χ2n) is 7.09. The van der Waals surface area contributed by atoms with Gasteiger partial charge in [0.2, 0.25) is 5.91 Å². The zero-order chi connectivity index (χ0) is 17.0. The Bertz CT molecular complexity index is 551. The Balaban J connectivity index is 1.67. The van der Waals surface area contributed by atoms with Crippen LogP contribution in [0.1, 0.15) is 43.7 Å². The summed E-state index contributed by atoms with van der Waals surface area (Å²) >= 11 is 0. The fraction of sp³-hybridized carbons (Fsp3) is 0.632. The minimum atomic E-state index is -0.340. The van der Waals surface area contributed by atoms with E-state index in [-0.39, 0.29) is 23.2 Å². The molecule has 1 heterocycles. The van der Waals surface area contributed by atoms with Gasteiger partial charge in [0.15, 0.2) is 0 Å². The fourth-order valence-electron chi connectivity index (χ4n) is 3.89. The number of carbonyl (C=O) groups excluding carboxylic acids is 1. The minimum absolute atomic E-state index is 0.0990. The van der Waals surface area contributed by atoms with Gasteiger partial charge in [0, 0.05) is 13.7 Å². The summed E-state index contributed by atoms with van der Waals surface area (Å²) in [7, 11) is 1.65. The Morgan fingerprint density at radius 2 is 1.92 bits per heavy atom. The molecule has 0 aromatic heterocycles. The zero-order valence-electron chi connectivity index (χ0n) is 14.4. The lowest BCUT2D eigenvalue weighted by Gasteiger charge is -2.40. The van der Waals surface area contributed by atoms with E-state index in [2.05, 4.69) is 10.2 Å². The summed E-state index contributed by atoms with van der Waals surface area (Å²) in [6.07, 6.45) is 5.25. The van der Waals surface area contributed by atoms with E-state index in [1.807, 2.05) is 12.1 Å². The smallest absolute Gasteiger partial charge is 0.228 e. The van der Waals surface area contributed by atoms with Crippen molar-refractivity contribution in [1.82, 2.24) is 10.2 Å². The number of carbonyl (C=O) groups is 1. The van der Waals surface area contributed by atoms with Gasteiger partial charge in [-0.25, -0.2) is 4.39 Å². The van der Waals surface area contributed by atoms with Crippen LogP contribution in [-0.2, 0) is 9.53 Å². The van der Waals surface area contributed by atoms with Gasteiger partial charge in [0.1, 0.15) is 5.82 Å². The van der Waals surface area contributed by atoms with Crippen LogP contribution in [0.2, 0.25) is 0 Å². The Kier molecular flexibility index (Phi) is 5.51. The highest BCUT2D eigenvalue weighted by atomic mass is 19.1. The Labute approximate surface area is 143 Å². The number of halogens is 1. The maximum Gasteiger partial charge on any atom is 0.228 e. The number of ether oxygens (including phenoxy) is 1. The van der Waals surface area contributed by atoms with Gasteiger partial charge in [-0.05, 0) is 56.5 Å². The summed E-state index contributed by atoms with van der Waals surface area (Å²) in [5.74, 6) is -0.126. The van der Waals surface area contributed by atoms with E-state index in [4.69, 9.17) is 4.74 Å². The third kappa shape index (κ3) is 3.62. The number of rotatable bonds is 7. The van der Waals surface area contributed by atoms with Crippen LogP contribution in [0.3, 0.4) is 0 Å². The van der Waals surface area contributed by atoms with Crippen molar-refractivity contribution in [3.8, 4) is 0 Å². The number of nitrogens with one attached hydrogen (secondary N) is 1. The molecule has 2 fully saturated rings. The van der Waals surface area contributed by atoms with Crippen LogP contribution in [0, 0.1) is 11.2 Å². The number of amides is 1. The van der Waals surface area contributed by atoms with Crippen LogP contribution in [0.4, 0.5) is 4.39 Å². The number of likely N-dealkylation sites (tertiary alicyclic amines) is 1. The van der Waals surface area contributed by atoms with Crippen molar-refractivity contribution < 1.29 is 13.9 Å². The topological polar surface area (TPSA) is 41.6 Å². The van der Waals surface area contributed by atoms with Crippen LogP contribution >= 0.6 is 0 Å². The Morgan fingerprint density at radius 3 is 2.46 bits per heavy atom. The minimum Gasteiger partial charge on any atom is -0.384 e. The van der Waals surface area contributed by atoms with Crippen molar-refractivity contribution in [2.45, 2.75) is 38.1 Å². The number of benzene rings is 1. The number of nitrogens with zero attached hydrogens (tertiary/aromatic N) is 1. The van der Waals surface area contributed by atoms with Crippen molar-refractivity contribution >= 4 is 5.91 Å². The monoisotopic (exact) mass is 334 g/mol. The first-order valence-electron chi connectivity index (χ1n) is 8.91. The Hall–Kier alpha value is -1.46. The summed E-state index contributed by atoms with van der Waals surface area (Å²) in [5, 5.41) is 3.15. The lowest BCUT2D eigenvalue weighted by Crippen LogP contribution is -2.50. The predicted octanol–water partition coefficient (Wildman–Crippen LogP) is 2.90. The van der Waals surface area contributed by atoms with Crippen molar-refractivity contribution in [2.75, 3.05) is 33.4 Å². The van der Waals surface area contributed by atoms with Gasteiger partial charge in [0.05, 0.1) is 18.1 Å². The Morgan fingerprint density at radius 1 is 1.25 bits per heavy atom. The molecular weight excluding hydrogens is 307 g/mol. The number of hydrogen-bond donors (Lipinski definition) is 1. The average Bonchev–Trinajstić information content (AvgIpc) is 3.06. The van der Waals surface area contributed by atoms with Crippen molar-refractivity contribution in [3.63, 3.8) is 0 Å². The summed E-state index contributed by atoms with van der Waals surface area (Å²) in [6, 6.07) is 6.77. The maximum absolute atomic E-state index is 13.2. The van der Waals surface area contributed by atoms with E-state index in [9.17, 15) is 9.18 Å². The molecule has 1 saturated carbocycles. The van der Waals surface area contributed by atoms with Gasteiger partial charge in [-0.2, -0.15) is 0 Å². The first-order valence-corrected chi connectivity index (χ1v) is 8.91. The summed E-state index contributed by atoms with van der Waals surface area (Å²) in [4.78, 5) is 15.1. The summed E-state index contributed by atoms with van der Waals surface area (Å²) in [5.41, 5.74) is 0.723. The first-order chi connectivity index (χ1) is 11.6. The highest BCUT2D eigenvalue weighted by Crippen LogP contribution is 2.41. The van der Waals surface area contributed by atoms with Gasteiger partial charge in [-0.3, -0.25) is 9.69 Å². The average molecular weight is 334 g/mol. The molecule has 1 atom stereocenters. The van der Waals surface area contributed by atoms with E-state index >= 15 is 0 Å². The first kappa shape index (κ1) is 17.4. The van der Waals surface area contributed by atoms with Gasteiger partial charge in [-0.15, -0.1) is 0 Å². The SMILES string of the molecule is COCC1(C(=O)NC[C@H](c2ccc(F)cc2)N2CCCC2)CCC1. The molecule has 3 rings (SSSR count). The number of hydrogen-bond acceptors (Lipinski definition) is 3. The third-order valence-electron chi connectivity index (χ3n) is 5.51. The summed E-state index contributed by atoms with van der Waals surface area (Å²) < 4.78 is 18.5. The highest BCUT2D eigenvalue weighted by Gasteiger charge is 2.44. The molecule has 0 spiro atoms. The van der Waals surface area contributed by atoms with Crippen molar-refractivity contribution in [1.29, 1.82) is 0 Å². The molecule has 0 radical (unpaired) electrons. The zero-order valence-corrected chi connectivity index (χ0v) is 14.4. The molecule has 1 N–H and O–H groups in total. The molecule has 1 saturated heterocycles. The maximum atomic E-state index is 13.2. The van der Waals surface area contributed by atoms with E-state index in [1.54, 1.807) is 7.11 Å². The third-order valence-corrected chi connectivity index (χ3v) is 5.51. The lowest BCUT2D eigenvalue weighted by molar-refractivity contribution is -0.140. The van der Waals surface area contributed by atoms with Gasteiger partial charge >= 0.3 is 0 Å². The molecule has 1 amide bonds. The van der Waals surface area contributed by atoms with E-state index < -0.39 is 0 Å². The van der Waals surface area contributed by atoms with Gasteiger partial charge in [-0.1, -0.05) is 18.6 Å². The van der Waals surface area contributed by atoms with Gasteiger partial charge in [0.25, 0.3) is 0 Å². The number of methoxy groups -OCH3 is 1. The molecule has 5 heteroatoms. The molecule has 24 heavy (non-hydrogen) atoms. The molecule has 1 aromatic rings. The van der Waals surface area contributed by atoms with Crippen LogP contribution in [0.25, 0.3) is 0 Å². The van der Waals surface area contributed by atoms with Crippen LogP contribution in [0.15, 0.2) is 24.3 Å². The normalized spacial score (nSPS) is 21.2. The predicted molar refractivity (Wildman–Crippen MR) is 91.1 cm³/mol. The molecule has 0 unspecified atom stereocenters. The highest BCUT2D eigenvalue weighted by molar-refractivity contribution is 5.83. The molecule has 132 valence electrons. The molecule has 1 aromatic carbocycles. The fourth-order valence-corrected chi connectivity index (χ4v) is 3.89. The van der Waals surface area contributed by atoms with Crippen LogP contribution in [0.5, 0.6) is 0 Å². The van der Waals surface area contributed by atoms with Gasteiger partial charge < -0.3 is 10.1 Å². The molecule has 2 aliphatic rings. The largest absolute Gasteiger partial charge is 0.384 e. The van der Waals surface area contributed by atoms with E-state index in [0.29, 0.717) is 13.2 Å². The quantitative estimate of drug-likeness (QED) is 0.834. The molecule has 4 nitrogen and oxygen atoms in total. The van der Waals surface area contributed by atoms with Crippen molar-refractivity contribution in [2.24, 2.45) is 5.41 Å². The molecule has 1 aliphatic heterocycles. The van der Waals surface area contributed by atoms with Crippen LogP contribution in [-0.4, -0.2) is 44.2 Å². The second kappa shape index (κ2) is 7.62. The standard InChI is InChI=1S/C19H27FN2O2/c1-24-14-19(9-4-10-19)18(23)21-13-17(22-11-2-3-12-22)15-5-7-16(20)8-6-15/h5-8,17H,2-4,9-14H2,1H3,(H,21,23)/t17-/m1/s1. The molecule has 1 aliphatic carbocycles. The molecular formula is C19H27FN2O2. The van der Waals surface area contributed by atoms with E-state index in [0.717, 1.165) is 37.9 Å². The van der Waals surface area contributed by atoms with E-state index in [1.165, 1.54) is 25.0 Å². The second-order valence-corrected chi connectivity index (χ2v) is 7.09. The lowest BCUT2D eigenvalue weighted by atomic mass is 9.68. The van der Waals surface area contributed by atoms with Crippen LogP contribution < -0.4 is 5.32 Å².